The van der Waals surface area contributed by atoms with Crippen molar-refractivity contribution in [1.82, 2.24) is 4.90 Å². The van der Waals surface area contributed by atoms with Gasteiger partial charge in [-0.25, -0.2) is 0 Å². The predicted octanol–water partition coefficient (Wildman–Crippen LogP) is 2.43. The second-order valence-electron chi connectivity index (χ2n) is 3.64. The van der Waals surface area contributed by atoms with Crippen LogP contribution in [0, 0.1) is 0 Å². The lowest BCUT2D eigenvalue weighted by Crippen LogP contribution is -2.32. The largest absolute Gasteiger partial charge is 0.492 e. The summed E-state index contributed by atoms with van der Waals surface area (Å²) in [5.41, 5.74) is 6.37. The van der Waals surface area contributed by atoms with Crippen molar-refractivity contribution < 1.29 is 4.74 Å². The number of nitrogen functional groups attached to an aromatic ring is 1. The third kappa shape index (κ3) is 6.01. The molecule has 1 rings (SSSR count). The van der Waals surface area contributed by atoms with E-state index in [0.717, 1.165) is 25.4 Å². The van der Waals surface area contributed by atoms with Crippen LogP contribution in [0.5, 0.6) is 5.75 Å². The standard InChI is InChI=1S/C12H18Cl2N2O/c13-4-6-16(7-5-14)8-9-17-12-3-1-2-11(15)10-12/h1-3,10H,4-9,15H2. The Balaban J connectivity index is 2.30. The molecule has 0 bridgehead atoms. The van der Waals surface area contributed by atoms with Crippen LogP contribution in [-0.4, -0.2) is 42.9 Å². The van der Waals surface area contributed by atoms with Gasteiger partial charge in [-0.15, -0.1) is 23.2 Å². The average Bonchev–Trinajstić information content (AvgIpc) is 2.30. The quantitative estimate of drug-likeness (QED) is 0.586. The Bertz CT molecular complexity index is 317. The van der Waals surface area contributed by atoms with Gasteiger partial charge in [0.1, 0.15) is 12.4 Å². The normalized spacial score (nSPS) is 10.8. The smallest absolute Gasteiger partial charge is 0.121 e. The van der Waals surface area contributed by atoms with Gasteiger partial charge in [0.05, 0.1) is 0 Å². The number of rotatable bonds is 8. The first-order chi connectivity index (χ1) is 8.26. The summed E-state index contributed by atoms with van der Waals surface area (Å²) in [5, 5.41) is 0. The molecule has 96 valence electrons. The zero-order chi connectivity index (χ0) is 12.5. The molecule has 1 aromatic carbocycles. The van der Waals surface area contributed by atoms with Gasteiger partial charge in [0, 0.05) is 43.1 Å². The molecule has 0 aromatic heterocycles. The zero-order valence-corrected chi connectivity index (χ0v) is 11.3. The molecule has 0 aliphatic heterocycles. The Morgan fingerprint density at radius 3 is 2.41 bits per heavy atom. The molecule has 0 aliphatic rings. The number of alkyl halides is 2. The molecule has 3 nitrogen and oxygen atoms in total. The minimum Gasteiger partial charge on any atom is -0.492 e. The van der Waals surface area contributed by atoms with Gasteiger partial charge >= 0.3 is 0 Å². The summed E-state index contributed by atoms with van der Waals surface area (Å²) < 4.78 is 5.60. The summed E-state index contributed by atoms with van der Waals surface area (Å²) in [7, 11) is 0. The van der Waals surface area contributed by atoms with Gasteiger partial charge in [0.15, 0.2) is 0 Å². The van der Waals surface area contributed by atoms with Crippen molar-refractivity contribution in [3.05, 3.63) is 24.3 Å². The van der Waals surface area contributed by atoms with E-state index in [9.17, 15) is 0 Å². The summed E-state index contributed by atoms with van der Waals surface area (Å²) in [4.78, 5) is 2.17. The lowest BCUT2D eigenvalue weighted by Gasteiger charge is -2.19. The van der Waals surface area contributed by atoms with E-state index in [1.807, 2.05) is 24.3 Å². The molecular weight excluding hydrogens is 259 g/mol. The first kappa shape index (κ1) is 14.4. The molecule has 0 atom stereocenters. The topological polar surface area (TPSA) is 38.5 Å². The molecule has 0 fully saturated rings. The van der Waals surface area contributed by atoms with Crippen LogP contribution in [0.25, 0.3) is 0 Å². The van der Waals surface area contributed by atoms with Gasteiger partial charge in [-0.2, -0.15) is 0 Å². The maximum Gasteiger partial charge on any atom is 0.121 e. The van der Waals surface area contributed by atoms with Crippen LogP contribution in [0.4, 0.5) is 5.69 Å². The molecule has 0 saturated carbocycles. The second kappa shape index (κ2) is 8.45. The molecule has 0 unspecified atom stereocenters. The van der Waals surface area contributed by atoms with Crippen LogP contribution in [0.1, 0.15) is 0 Å². The van der Waals surface area contributed by atoms with Gasteiger partial charge < -0.3 is 10.5 Å². The van der Waals surface area contributed by atoms with Gasteiger partial charge in [0.2, 0.25) is 0 Å². The number of nitrogens with zero attached hydrogens (tertiary/aromatic N) is 1. The lowest BCUT2D eigenvalue weighted by atomic mass is 10.3. The Kier molecular flexibility index (Phi) is 7.17. The zero-order valence-electron chi connectivity index (χ0n) is 9.74. The minimum absolute atomic E-state index is 0.606. The molecule has 0 spiro atoms. The molecular formula is C12H18Cl2N2O. The highest BCUT2D eigenvalue weighted by atomic mass is 35.5. The van der Waals surface area contributed by atoms with Crippen molar-refractivity contribution in [2.45, 2.75) is 0 Å². The van der Waals surface area contributed by atoms with E-state index in [0.29, 0.717) is 24.1 Å². The number of hydrogen-bond acceptors (Lipinski definition) is 3. The van der Waals surface area contributed by atoms with Crippen LogP contribution in [0.15, 0.2) is 24.3 Å². The highest BCUT2D eigenvalue weighted by molar-refractivity contribution is 6.18. The van der Waals surface area contributed by atoms with E-state index in [4.69, 9.17) is 33.7 Å². The van der Waals surface area contributed by atoms with Crippen LogP contribution >= 0.6 is 23.2 Å². The maximum atomic E-state index is 5.71. The minimum atomic E-state index is 0.606. The fourth-order valence-electron chi connectivity index (χ4n) is 1.47. The molecule has 0 aliphatic carbocycles. The lowest BCUT2D eigenvalue weighted by molar-refractivity contribution is 0.224. The van der Waals surface area contributed by atoms with E-state index >= 15 is 0 Å². The Morgan fingerprint density at radius 1 is 1.12 bits per heavy atom. The molecule has 17 heavy (non-hydrogen) atoms. The Labute approximate surface area is 112 Å². The van der Waals surface area contributed by atoms with Crippen LogP contribution in [0.2, 0.25) is 0 Å². The molecule has 0 heterocycles. The second-order valence-corrected chi connectivity index (χ2v) is 4.40. The summed E-state index contributed by atoms with van der Waals surface area (Å²) in [6.45, 7) is 3.08. The number of hydrogen-bond donors (Lipinski definition) is 1. The van der Waals surface area contributed by atoms with E-state index in [1.54, 1.807) is 0 Å². The highest BCUT2D eigenvalue weighted by Crippen LogP contribution is 2.14. The van der Waals surface area contributed by atoms with E-state index in [1.165, 1.54) is 0 Å². The molecule has 0 saturated heterocycles. The summed E-state index contributed by atoms with van der Waals surface area (Å²) in [5.74, 6) is 2.01. The van der Waals surface area contributed by atoms with Crippen molar-refractivity contribution in [3.63, 3.8) is 0 Å². The number of ether oxygens (including phenoxy) is 1. The predicted molar refractivity (Wildman–Crippen MR) is 74.2 cm³/mol. The van der Waals surface area contributed by atoms with Gasteiger partial charge in [-0.1, -0.05) is 6.07 Å². The fourth-order valence-corrected chi connectivity index (χ4v) is 1.95. The van der Waals surface area contributed by atoms with Crippen molar-refractivity contribution in [2.75, 3.05) is 43.7 Å². The number of nitrogens with two attached hydrogens (primary N) is 1. The number of anilines is 1. The van der Waals surface area contributed by atoms with E-state index in [-0.39, 0.29) is 0 Å². The van der Waals surface area contributed by atoms with Crippen LogP contribution in [-0.2, 0) is 0 Å². The maximum absolute atomic E-state index is 5.71. The monoisotopic (exact) mass is 276 g/mol. The van der Waals surface area contributed by atoms with Gasteiger partial charge in [0.25, 0.3) is 0 Å². The van der Waals surface area contributed by atoms with Gasteiger partial charge in [-0.05, 0) is 12.1 Å². The number of benzene rings is 1. The molecule has 1 aromatic rings. The van der Waals surface area contributed by atoms with Crippen LogP contribution in [0.3, 0.4) is 0 Å². The van der Waals surface area contributed by atoms with Crippen LogP contribution < -0.4 is 10.5 Å². The average molecular weight is 277 g/mol. The Morgan fingerprint density at radius 2 is 1.82 bits per heavy atom. The molecule has 2 N–H and O–H groups in total. The third-order valence-electron chi connectivity index (χ3n) is 2.34. The summed E-state index contributed by atoms with van der Waals surface area (Å²) >= 11 is 11.4. The number of halogens is 2. The molecule has 0 radical (unpaired) electrons. The Hall–Kier alpha value is -0.640. The third-order valence-corrected chi connectivity index (χ3v) is 2.67. The van der Waals surface area contributed by atoms with E-state index < -0.39 is 0 Å². The summed E-state index contributed by atoms with van der Waals surface area (Å²) in [6, 6.07) is 7.41. The molecule has 5 heteroatoms. The molecule has 0 amide bonds. The van der Waals surface area contributed by atoms with Crippen molar-refractivity contribution in [1.29, 1.82) is 0 Å². The SMILES string of the molecule is Nc1cccc(OCCN(CCCl)CCCl)c1. The highest BCUT2D eigenvalue weighted by Gasteiger charge is 2.03. The van der Waals surface area contributed by atoms with Gasteiger partial charge in [-0.3, -0.25) is 4.90 Å². The van der Waals surface area contributed by atoms with Crippen molar-refractivity contribution in [2.24, 2.45) is 0 Å². The summed E-state index contributed by atoms with van der Waals surface area (Å²) in [6.07, 6.45) is 0. The van der Waals surface area contributed by atoms with Crippen molar-refractivity contribution >= 4 is 28.9 Å². The first-order valence-corrected chi connectivity index (χ1v) is 6.66. The van der Waals surface area contributed by atoms with Crippen molar-refractivity contribution in [3.8, 4) is 5.75 Å². The fraction of sp³-hybridized carbons (Fsp3) is 0.500. The first-order valence-electron chi connectivity index (χ1n) is 5.59. The van der Waals surface area contributed by atoms with E-state index in [2.05, 4.69) is 4.90 Å².